The third-order valence-corrected chi connectivity index (χ3v) is 6.34. The predicted octanol–water partition coefficient (Wildman–Crippen LogP) is 4.14. The Morgan fingerprint density at radius 3 is 2.54 bits per heavy atom. The number of rotatable bonds is 5. The molecule has 26 heavy (non-hydrogen) atoms. The fraction of sp³-hybridized carbons (Fsp3) is 0.333. The van der Waals surface area contributed by atoms with Crippen molar-refractivity contribution in [1.82, 2.24) is 4.90 Å². The zero-order valence-corrected chi connectivity index (χ0v) is 16.6. The Hall–Kier alpha value is -1.69. The molecule has 0 bridgehead atoms. The van der Waals surface area contributed by atoms with Crippen LogP contribution in [0.15, 0.2) is 54.6 Å². The van der Waals surface area contributed by atoms with Crippen LogP contribution in [-0.4, -0.2) is 32.0 Å². The van der Waals surface area contributed by atoms with Crippen molar-refractivity contribution in [3.63, 3.8) is 0 Å². The highest BCUT2D eigenvalue weighted by atomic mass is 32.2. The quantitative estimate of drug-likeness (QED) is 0.786. The molecule has 3 rings (SSSR count). The van der Waals surface area contributed by atoms with Crippen molar-refractivity contribution in [2.75, 3.05) is 5.75 Å². The summed E-state index contributed by atoms with van der Waals surface area (Å²) < 4.78 is 0.610. The first-order chi connectivity index (χ1) is 12.5. The fourth-order valence-corrected chi connectivity index (χ4v) is 4.60. The van der Waals surface area contributed by atoms with Gasteiger partial charge in [0, 0.05) is 5.75 Å². The van der Waals surface area contributed by atoms with Crippen molar-refractivity contribution in [1.29, 1.82) is 0 Å². The molecule has 2 aromatic carbocycles. The smallest absolute Gasteiger partial charge is 0.234 e. The number of carbonyl (C=O) groups excluding carboxylic acids is 1. The van der Waals surface area contributed by atoms with E-state index in [-0.39, 0.29) is 11.9 Å². The van der Waals surface area contributed by atoms with Crippen molar-refractivity contribution < 1.29 is 9.90 Å². The number of thioether (sulfide) groups is 1. The molecule has 1 fully saturated rings. The van der Waals surface area contributed by atoms with Crippen LogP contribution in [-0.2, 0) is 11.2 Å². The highest BCUT2D eigenvalue weighted by molar-refractivity contribution is 8.23. The molecule has 2 aromatic rings. The van der Waals surface area contributed by atoms with Gasteiger partial charge in [-0.2, -0.15) is 0 Å². The highest BCUT2D eigenvalue weighted by Crippen LogP contribution is 2.31. The number of hydrogen-bond donors (Lipinski definition) is 1. The summed E-state index contributed by atoms with van der Waals surface area (Å²) >= 11 is 6.98. The number of benzene rings is 2. The van der Waals surface area contributed by atoms with Gasteiger partial charge in [-0.25, -0.2) is 0 Å². The lowest BCUT2D eigenvalue weighted by Gasteiger charge is -2.28. The Kier molecular flexibility index (Phi) is 6.12. The maximum atomic E-state index is 13.1. The summed E-state index contributed by atoms with van der Waals surface area (Å²) in [6.45, 7) is 3.77. The number of aliphatic hydroxyl groups is 1. The first-order valence-electron chi connectivity index (χ1n) is 8.75. The molecule has 3 atom stereocenters. The molecule has 0 aromatic heterocycles. The lowest BCUT2D eigenvalue weighted by Crippen LogP contribution is -2.44. The van der Waals surface area contributed by atoms with Gasteiger partial charge < -0.3 is 5.11 Å². The van der Waals surface area contributed by atoms with Crippen molar-refractivity contribution >= 4 is 34.2 Å². The Bertz CT molecular complexity index is 776. The van der Waals surface area contributed by atoms with E-state index in [0.29, 0.717) is 4.32 Å². The van der Waals surface area contributed by atoms with Crippen LogP contribution >= 0.6 is 24.0 Å². The standard InChI is InChI=1S/C21H23NO2S2/c1-14-8-10-17(11-9-14)19(23)15(2)20(24)22-18(13-26-21(22)25)12-16-6-4-3-5-7-16/h3-11,15,18-19,23H,12-13H2,1-2H3/t15-,18-,19-/m0/s1. The summed E-state index contributed by atoms with van der Waals surface area (Å²) in [6, 6.07) is 17.8. The van der Waals surface area contributed by atoms with E-state index in [9.17, 15) is 9.90 Å². The van der Waals surface area contributed by atoms with Crippen LogP contribution < -0.4 is 0 Å². The Morgan fingerprint density at radius 2 is 1.88 bits per heavy atom. The first-order valence-corrected chi connectivity index (χ1v) is 10.1. The SMILES string of the molecule is Cc1ccc([C@@H](O)[C@H](C)C(=O)N2C(=S)SC[C@@H]2Cc2ccccc2)cc1. The van der Waals surface area contributed by atoms with E-state index in [4.69, 9.17) is 12.2 Å². The number of carbonyl (C=O) groups is 1. The molecule has 0 radical (unpaired) electrons. The second-order valence-corrected chi connectivity index (χ2v) is 8.43. The summed E-state index contributed by atoms with van der Waals surface area (Å²) in [5.74, 6) is 0.147. The molecule has 0 saturated carbocycles. The van der Waals surface area contributed by atoms with Crippen LogP contribution in [0.5, 0.6) is 0 Å². The normalized spacial score (nSPS) is 19.4. The predicted molar refractivity (Wildman–Crippen MR) is 111 cm³/mol. The summed E-state index contributed by atoms with van der Waals surface area (Å²) in [7, 11) is 0. The lowest BCUT2D eigenvalue weighted by atomic mass is 9.94. The summed E-state index contributed by atoms with van der Waals surface area (Å²) in [5, 5.41) is 10.7. The van der Waals surface area contributed by atoms with Gasteiger partial charge in [0.1, 0.15) is 4.32 Å². The summed E-state index contributed by atoms with van der Waals surface area (Å²) in [6.07, 6.45) is -0.0681. The average Bonchev–Trinajstić information content (AvgIpc) is 3.01. The van der Waals surface area contributed by atoms with Gasteiger partial charge in [0.25, 0.3) is 0 Å². The Labute approximate surface area is 164 Å². The van der Waals surface area contributed by atoms with Gasteiger partial charge in [0.05, 0.1) is 18.1 Å². The average molecular weight is 386 g/mol. The highest BCUT2D eigenvalue weighted by Gasteiger charge is 2.38. The van der Waals surface area contributed by atoms with Crippen LogP contribution in [0.1, 0.15) is 29.7 Å². The topological polar surface area (TPSA) is 40.5 Å². The molecule has 1 amide bonds. The van der Waals surface area contributed by atoms with E-state index in [0.717, 1.165) is 23.3 Å². The van der Waals surface area contributed by atoms with Gasteiger partial charge in [-0.3, -0.25) is 9.69 Å². The largest absolute Gasteiger partial charge is 0.388 e. The third kappa shape index (κ3) is 4.17. The van der Waals surface area contributed by atoms with E-state index in [1.807, 2.05) is 49.4 Å². The van der Waals surface area contributed by atoms with Crippen molar-refractivity contribution in [2.45, 2.75) is 32.4 Å². The Morgan fingerprint density at radius 1 is 1.23 bits per heavy atom. The van der Waals surface area contributed by atoms with Crippen molar-refractivity contribution in [3.05, 3.63) is 71.3 Å². The van der Waals surface area contributed by atoms with Crippen LogP contribution in [0.4, 0.5) is 0 Å². The van der Waals surface area contributed by atoms with Crippen LogP contribution in [0.25, 0.3) is 0 Å². The Balaban J connectivity index is 1.75. The van der Waals surface area contributed by atoms with E-state index in [1.165, 1.54) is 5.56 Å². The molecule has 0 unspecified atom stereocenters. The summed E-state index contributed by atoms with van der Waals surface area (Å²) in [5.41, 5.74) is 3.07. The zero-order valence-electron chi connectivity index (χ0n) is 15.0. The van der Waals surface area contributed by atoms with Crippen molar-refractivity contribution in [3.8, 4) is 0 Å². The molecule has 136 valence electrons. The molecule has 3 nitrogen and oxygen atoms in total. The molecular formula is C21H23NO2S2. The molecule has 1 N–H and O–H groups in total. The van der Waals surface area contributed by atoms with Gasteiger partial charge in [0.15, 0.2) is 0 Å². The second kappa shape index (κ2) is 8.33. The number of amides is 1. The monoisotopic (exact) mass is 385 g/mol. The number of aryl methyl sites for hydroxylation is 1. The van der Waals surface area contributed by atoms with Gasteiger partial charge >= 0.3 is 0 Å². The third-order valence-electron chi connectivity index (χ3n) is 4.79. The van der Waals surface area contributed by atoms with Gasteiger partial charge in [0.2, 0.25) is 5.91 Å². The number of nitrogens with zero attached hydrogens (tertiary/aromatic N) is 1. The van der Waals surface area contributed by atoms with Gasteiger partial charge in [-0.1, -0.05) is 91.1 Å². The maximum absolute atomic E-state index is 13.1. The van der Waals surface area contributed by atoms with Crippen LogP contribution in [0, 0.1) is 12.8 Å². The minimum atomic E-state index is -0.839. The zero-order chi connectivity index (χ0) is 18.7. The van der Waals surface area contributed by atoms with Crippen LogP contribution in [0.3, 0.4) is 0 Å². The molecule has 5 heteroatoms. The number of thiocarbonyl (C=S) groups is 1. The van der Waals surface area contributed by atoms with E-state index in [2.05, 4.69) is 12.1 Å². The number of hydrogen-bond acceptors (Lipinski definition) is 4. The first kappa shape index (κ1) is 19.1. The van der Waals surface area contributed by atoms with Crippen molar-refractivity contribution in [2.24, 2.45) is 5.92 Å². The molecule has 0 aliphatic carbocycles. The maximum Gasteiger partial charge on any atom is 0.234 e. The number of aliphatic hydroxyl groups excluding tert-OH is 1. The van der Waals surface area contributed by atoms with Crippen LogP contribution in [0.2, 0.25) is 0 Å². The van der Waals surface area contributed by atoms with E-state index in [1.54, 1.807) is 23.6 Å². The lowest BCUT2D eigenvalue weighted by molar-refractivity contribution is -0.135. The minimum absolute atomic E-state index is 0.0371. The molecular weight excluding hydrogens is 362 g/mol. The van der Waals surface area contributed by atoms with Gasteiger partial charge in [-0.05, 0) is 24.5 Å². The van der Waals surface area contributed by atoms with E-state index >= 15 is 0 Å². The molecule has 1 saturated heterocycles. The van der Waals surface area contributed by atoms with Gasteiger partial charge in [-0.15, -0.1) is 0 Å². The van der Waals surface area contributed by atoms with E-state index < -0.39 is 12.0 Å². The second-order valence-electron chi connectivity index (χ2n) is 6.77. The molecule has 1 aliphatic heterocycles. The fourth-order valence-electron chi connectivity index (χ4n) is 3.17. The molecule has 1 aliphatic rings. The minimum Gasteiger partial charge on any atom is -0.388 e. The molecule has 0 spiro atoms. The summed E-state index contributed by atoms with van der Waals surface area (Å²) in [4.78, 5) is 14.8. The molecule has 1 heterocycles.